The van der Waals surface area contributed by atoms with Gasteiger partial charge in [-0.15, -0.1) is 0 Å². The van der Waals surface area contributed by atoms with Gasteiger partial charge in [0, 0.05) is 17.5 Å². The number of anilines is 1. The number of nitrogens with two attached hydrogens (primary N) is 1. The first kappa shape index (κ1) is 16.4. The van der Waals surface area contributed by atoms with Gasteiger partial charge in [0.15, 0.2) is 9.84 Å². The van der Waals surface area contributed by atoms with E-state index < -0.39 is 34.5 Å². The molecule has 0 saturated carbocycles. The third kappa shape index (κ3) is 3.92. The van der Waals surface area contributed by atoms with Gasteiger partial charge >= 0.3 is 0 Å². The predicted molar refractivity (Wildman–Crippen MR) is 74.0 cm³/mol. The minimum absolute atomic E-state index is 0.0403. The Labute approximate surface area is 117 Å². The molecule has 112 valence electrons. The van der Waals surface area contributed by atoms with Crippen LogP contribution in [0.1, 0.15) is 17.3 Å². The number of nitrogen functional groups attached to an aromatic ring is 1. The number of hydrogen-bond donors (Lipinski definition) is 4. The van der Waals surface area contributed by atoms with Gasteiger partial charge in [0.1, 0.15) is 0 Å². The molecule has 0 radical (unpaired) electrons. The fourth-order valence-corrected chi connectivity index (χ4v) is 2.13. The molecule has 1 aromatic rings. The number of aliphatic hydroxyl groups is 2. The van der Waals surface area contributed by atoms with Gasteiger partial charge in [-0.05, 0) is 25.1 Å². The molecule has 7 nitrogen and oxygen atoms in total. The quantitative estimate of drug-likeness (QED) is 0.524. The van der Waals surface area contributed by atoms with E-state index in [1.54, 1.807) is 0 Å². The number of carbonyl (C=O) groups is 1. The topological polar surface area (TPSA) is 130 Å². The molecular weight excluding hydrogens is 284 g/mol. The summed E-state index contributed by atoms with van der Waals surface area (Å²) < 4.78 is 23.0. The zero-order chi connectivity index (χ0) is 15.6. The van der Waals surface area contributed by atoms with E-state index >= 15 is 0 Å². The van der Waals surface area contributed by atoms with Crippen LogP contribution in [-0.2, 0) is 9.84 Å². The van der Waals surface area contributed by atoms with Gasteiger partial charge in [-0.2, -0.15) is 0 Å². The van der Waals surface area contributed by atoms with Crippen molar-refractivity contribution < 1.29 is 23.4 Å². The Morgan fingerprint density at radius 3 is 2.30 bits per heavy atom. The van der Waals surface area contributed by atoms with Crippen LogP contribution in [0.5, 0.6) is 0 Å². The second-order valence-corrected chi connectivity index (χ2v) is 6.91. The lowest BCUT2D eigenvalue weighted by Gasteiger charge is -2.26. The molecule has 5 N–H and O–H groups in total. The largest absolute Gasteiger partial charge is 0.399 e. The van der Waals surface area contributed by atoms with Crippen molar-refractivity contribution in [3.8, 4) is 0 Å². The molecule has 1 rings (SSSR count). The van der Waals surface area contributed by atoms with Crippen molar-refractivity contribution in [1.82, 2.24) is 5.32 Å². The number of carbonyl (C=O) groups excluding carboxylic acids is 1. The number of amides is 1. The van der Waals surface area contributed by atoms with E-state index in [0.29, 0.717) is 0 Å². The zero-order valence-corrected chi connectivity index (χ0v) is 12.1. The third-order valence-corrected chi connectivity index (χ3v) is 3.82. The summed E-state index contributed by atoms with van der Waals surface area (Å²) in [6.45, 7) is 0.529. The number of rotatable bonds is 5. The number of benzene rings is 1. The van der Waals surface area contributed by atoms with E-state index in [9.17, 15) is 13.2 Å². The number of sulfone groups is 1. The normalized spacial score (nSPS) is 12.2. The lowest BCUT2D eigenvalue weighted by atomic mass is 10.0. The maximum Gasteiger partial charge on any atom is 0.251 e. The Bertz CT molecular complexity index is 608. The summed E-state index contributed by atoms with van der Waals surface area (Å²) in [6.07, 6.45) is 1.01. The van der Waals surface area contributed by atoms with E-state index in [1.165, 1.54) is 25.1 Å². The maximum atomic E-state index is 12.0. The van der Waals surface area contributed by atoms with Gasteiger partial charge in [-0.25, -0.2) is 8.42 Å². The minimum atomic E-state index is -3.49. The molecule has 0 spiro atoms. The van der Waals surface area contributed by atoms with Crippen LogP contribution in [0.15, 0.2) is 23.1 Å². The molecule has 0 saturated heterocycles. The SMILES string of the molecule is CC(CO)(CO)NC(=O)c1cc(N)cc(S(C)(=O)=O)c1. The first-order valence-electron chi connectivity index (χ1n) is 5.76. The molecule has 1 amide bonds. The molecular formula is C12H18N2O5S. The van der Waals surface area contributed by atoms with Crippen molar-refractivity contribution in [2.45, 2.75) is 17.4 Å². The van der Waals surface area contributed by atoms with Crippen LogP contribution in [0, 0.1) is 0 Å². The fourth-order valence-electron chi connectivity index (χ4n) is 1.44. The highest BCUT2D eigenvalue weighted by molar-refractivity contribution is 7.90. The monoisotopic (exact) mass is 302 g/mol. The number of nitrogens with one attached hydrogen (secondary N) is 1. The maximum absolute atomic E-state index is 12.0. The van der Waals surface area contributed by atoms with Gasteiger partial charge < -0.3 is 21.3 Å². The minimum Gasteiger partial charge on any atom is -0.399 e. The molecule has 0 atom stereocenters. The molecule has 0 aliphatic heterocycles. The Kier molecular flexibility index (Phi) is 4.74. The molecule has 0 aromatic heterocycles. The van der Waals surface area contributed by atoms with Crippen LogP contribution < -0.4 is 11.1 Å². The third-order valence-electron chi connectivity index (χ3n) is 2.73. The summed E-state index contributed by atoms with van der Waals surface area (Å²) >= 11 is 0. The summed E-state index contributed by atoms with van der Waals surface area (Å²) in [5.41, 5.74) is 4.55. The average Bonchev–Trinajstić information content (AvgIpc) is 2.36. The van der Waals surface area contributed by atoms with Gasteiger partial charge in [-0.3, -0.25) is 4.79 Å². The van der Waals surface area contributed by atoms with Crippen LogP contribution >= 0.6 is 0 Å². The van der Waals surface area contributed by atoms with Crippen molar-refractivity contribution in [3.05, 3.63) is 23.8 Å². The van der Waals surface area contributed by atoms with Crippen LogP contribution in [0.4, 0.5) is 5.69 Å². The van der Waals surface area contributed by atoms with Crippen LogP contribution in [0.3, 0.4) is 0 Å². The van der Waals surface area contributed by atoms with E-state index in [4.69, 9.17) is 15.9 Å². The highest BCUT2D eigenvalue weighted by atomic mass is 32.2. The average molecular weight is 302 g/mol. The first-order valence-corrected chi connectivity index (χ1v) is 7.65. The summed E-state index contributed by atoms with van der Waals surface area (Å²) in [4.78, 5) is 12.0. The highest BCUT2D eigenvalue weighted by Crippen LogP contribution is 2.17. The van der Waals surface area contributed by atoms with Crippen molar-refractivity contribution in [3.63, 3.8) is 0 Å². The number of aliphatic hydroxyl groups excluding tert-OH is 2. The molecule has 0 aliphatic rings. The predicted octanol–water partition coefficient (Wildman–Crippen LogP) is -0.855. The van der Waals surface area contributed by atoms with Gasteiger partial charge in [-0.1, -0.05) is 0 Å². The van der Waals surface area contributed by atoms with E-state index in [0.717, 1.165) is 6.26 Å². The lowest BCUT2D eigenvalue weighted by Crippen LogP contribution is -2.51. The van der Waals surface area contributed by atoms with E-state index in [2.05, 4.69) is 5.32 Å². The summed E-state index contributed by atoms with van der Waals surface area (Å²) in [5.74, 6) is -0.632. The summed E-state index contributed by atoms with van der Waals surface area (Å²) in [6, 6.07) is 3.76. The molecule has 0 unspecified atom stereocenters. The molecule has 0 bridgehead atoms. The molecule has 0 heterocycles. The van der Waals surface area contributed by atoms with E-state index in [1.807, 2.05) is 0 Å². The van der Waals surface area contributed by atoms with Gasteiger partial charge in [0.2, 0.25) is 0 Å². The zero-order valence-electron chi connectivity index (χ0n) is 11.3. The molecule has 0 aliphatic carbocycles. The van der Waals surface area contributed by atoms with Crippen molar-refractivity contribution >= 4 is 21.4 Å². The van der Waals surface area contributed by atoms with Gasteiger partial charge in [0.05, 0.1) is 23.6 Å². The second-order valence-electron chi connectivity index (χ2n) is 4.89. The van der Waals surface area contributed by atoms with Crippen LogP contribution in [-0.4, -0.2) is 49.5 Å². The number of hydrogen-bond acceptors (Lipinski definition) is 6. The Morgan fingerprint density at radius 1 is 1.30 bits per heavy atom. The van der Waals surface area contributed by atoms with Crippen molar-refractivity contribution in [1.29, 1.82) is 0 Å². The van der Waals surface area contributed by atoms with Gasteiger partial charge in [0.25, 0.3) is 5.91 Å². The van der Waals surface area contributed by atoms with Crippen molar-refractivity contribution in [2.75, 3.05) is 25.2 Å². The molecule has 1 aromatic carbocycles. The van der Waals surface area contributed by atoms with Crippen LogP contribution in [0.2, 0.25) is 0 Å². The fraction of sp³-hybridized carbons (Fsp3) is 0.417. The van der Waals surface area contributed by atoms with E-state index in [-0.39, 0.29) is 16.1 Å². The molecule has 20 heavy (non-hydrogen) atoms. The summed E-state index contributed by atoms with van der Waals surface area (Å²) in [7, 11) is -3.49. The lowest BCUT2D eigenvalue weighted by molar-refractivity contribution is 0.0723. The molecule has 0 fully saturated rings. The second kappa shape index (κ2) is 5.78. The Morgan fingerprint density at radius 2 is 1.85 bits per heavy atom. The Balaban J connectivity index is 3.15. The standard InChI is InChI=1S/C12H18N2O5S/c1-12(6-15,7-16)14-11(17)8-3-9(13)5-10(4-8)20(2,18)19/h3-5,15-16H,6-7,13H2,1-2H3,(H,14,17). The summed E-state index contributed by atoms with van der Waals surface area (Å²) in [5, 5.41) is 20.7. The molecule has 8 heteroatoms. The van der Waals surface area contributed by atoms with Crippen LogP contribution in [0.25, 0.3) is 0 Å². The first-order chi connectivity index (χ1) is 9.11. The smallest absolute Gasteiger partial charge is 0.251 e. The highest BCUT2D eigenvalue weighted by Gasteiger charge is 2.25. The van der Waals surface area contributed by atoms with Crippen molar-refractivity contribution in [2.24, 2.45) is 0 Å². The Hall–Kier alpha value is -1.64.